The molecule has 0 radical (unpaired) electrons. The first-order valence-electron chi connectivity index (χ1n) is 5.70. The highest BCUT2D eigenvalue weighted by Gasteiger charge is 2.25. The zero-order valence-corrected chi connectivity index (χ0v) is 10.6. The van der Waals surface area contributed by atoms with Crippen molar-refractivity contribution in [3.05, 3.63) is 35.4 Å². The van der Waals surface area contributed by atoms with Crippen molar-refractivity contribution in [2.24, 2.45) is 5.92 Å². The quantitative estimate of drug-likeness (QED) is 0.742. The van der Waals surface area contributed by atoms with Crippen LogP contribution >= 0.6 is 0 Å². The Kier molecular flexibility index (Phi) is 4.63. The van der Waals surface area contributed by atoms with Gasteiger partial charge in [0.15, 0.2) is 0 Å². The van der Waals surface area contributed by atoms with E-state index in [1.165, 1.54) is 24.3 Å². The van der Waals surface area contributed by atoms with Crippen molar-refractivity contribution in [2.75, 3.05) is 0 Å². The lowest BCUT2D eigenvalue weighted by molar-refractivity contribution is -0.140. The SMILES string of the molecule is CC(C)C(NC(=O)c1ccccc1C(=O)O)C(=O)O. The van der Waals surface area contributed by atoms with Crippen molar-refractivity contribution < 1.29 is 24.6 Å². The highest BCUT2D eigenvalue weighted by molar-refractivity contribution is 6.05. The van der Waals surface area contributed by atoms with Gasteiger partial charge in [-0.3, -0.25) is 4.79 Å². The topological polar surface area (TPSA) is 104 Å². The van der Waals surface area contributed by atoms with Crippen LogP contribution in [0.15, 0.2) is 24.3 Å². The zero-order chi connectivity index (χ0) is 14.6. The summed E-state index contributed by atoms with van der Waals surface area (Å²) in [6.45, 7) is 3.31. The summed E-state index contributed by atoms with van der Waals surface area (Å²) < 4.78 is 0. The molecule has 6 heteroatoms. The monoisotopic (exact) mass is 265 g/mol. The van der Waals surface area contributed by atoms with Gasteiger partial charge in [-0.2, -0.15) is 0 Å². The first-order chi connectivity index (χ1) is 8.84. The Morgan fingerprint density at radius 2 is 1.58 bits per heavy atom. The summed E-state index contributed by atoms with van der Waals surface area (Å²) in [5.41, 5.74) is -0.213. The Morgan fingerprint density at radius 1 is 1.05 bits per heavy atom. The van der Waals surface area contributed by atoms with Crippen molar-refractivity contribution in [1.82, 2.24) is 5.32 Å². The average Bonchev–Trinajstić information content (AvgIpc) is 2.34. The van der Waals surface area contributed by atoms with E-state index in [0.717, 1.165) is 0 Å². The molecule has 0 aliphatic heterocycles. The van der Waals surface area contributed by atoms with Crippen LogP contribution in [0.5, 0.6) is 0 Å². The van der Waals surface area contributed by atoms with Gasteiger partial charge in [0.2, 0.25) is 0 Å². The van der Waals surface area contributed by atoms with Crippen LogP contribution in [0.4, 0.5) is 0 Å². The molecule has 1 aromatic rings. The molecule has 19 heavy (non-hydrogen) atoms. The second kappa shape index (κ2) is 5.99. The molecule has 102 valence electrons. The van der Waals surface area contributed by atoms with Gasteiger partial charge in [0, 0.05) is 0 Å². The molecule has 1 unspecified atom stereocenters. The van der Waals surface area contributed by atoms with E-state index in [2.05, 4.69) is 5.32 Å². The fourth-order valence-electron chi connectivity index (χ4n) is 1.60. The molecular weight excluding hydrogens is 250 g/mol. The molecule has 1 rings (SSSR count). The maximum atomic E-state index is 12.0. The summed E-state index contributed by atoms with van der Waals surface area (Å²) in [6.07, 6.45) is 0. The van der Waals surface area contributed by atoms with E-state index in [1.807, 2.05) is 0 Å². The largest absolute Gasteiger partial charge is 0.480 e. The Morgan fingerprint density at radius 3 is 2.00 bits per heavy atom. The van der Waals surface area contributed by atoms with Crippen molar-refractivity contribution in [3.63, 3.8) is 0 Å². The van der Waals surface area contributed by atoms with E-state index in [4.69, 9.17) is 10.2 Å². The van der Waals surface area contributed by atoms with Crippen molar-refractivity contribution in [1.29, 1.82) is 0 Å². The first-order valence-corrected chi connectivity index (χ1v) is 5.70. The lowest BCUT2D eigenvalue weighted by atomic mass is 10.0. The Bertz CT molecular complexity index is 510. The summed E-state index contributed by atoms with van der Waals surface area (Å²) in [5, 5.41) is 20.3. The van der Waals surface area contributed by atoms with Crippen LogP contribution in [-0.2, 0) is 4.79 Å². The molecule has 0 saturated heterocycles. The molecule has 6 nitrogen and oxygen atoms in total. The third kappa shape index (κ3) is 3.54. The number of carbonyl (C=O) groups excluding carboxylic acids is 1. The minimum atomic E-state index is -1.23. The molecule has 0 aromatic heterocycles. The molecule has 0 saturated carbocycles. The Hall–Kier alpha value is -2.37. The number of nitrogens with one attached hydrogen (secondary N) is 1. The summed E-state index contributed by atoms with van der Waals surface area (Å²) in [7, 11) is 0. The lowest BCUT2D eigenvalue weighted by Crippen LogP contribution is -2.44. The van der Waals surface area contributed by atoms with Crippen LogP contribution in [0.25, 0.3) is 0 Å². The fourth-order valence-corrected chi connectivity index (χ4v) is 1.60. The third-order valence-electron chi connectivity index (χ3n) is 2.62. The van der Waals surface area contributed by atoms with Gasteiger partial charge in [-0.15, -0.1) is 0 Å². The number of carbonyl (C=O) groups is 3. The second-order valence-corrected chi connectivity index (χ2v) is 4.38. The van der Waals surface area contributed by atoms with E-state index < -0.39 is 23.9 Å². The average molecular weight is 265 g/mol. The molecule has 1 amide bonds. The molecule has 0 aliphatic carbocycles. The van der Waals surface area contributed by atoms with Crippen LogP contribution < -0.4 is 5.32 Å². The lowest BCUT2D eigenvalue weighted by Gasteiger charge is -2.18. The summed E-state index contributed by atoms with van der Waals surface area (Å²) in [4.78, 5) is 33.9. The molecule has 0 fully saturated rings. The summed E-state index contributed by atoms with van der Waals surface area (Å²) in [5.74, 6) is -3.41. The predicted molar refractivity (Wildman–Crippen MR) is 67.1 cm³/mol. The van der Waals surface area contributed by atoms with Gasteiger partial charge in [-0.25, -0.2) is 9.59 Å². The molecule has 0 heterocycles. The van der Waals surface area contributed by atoms with E-state index in [9.17, 15) is 14.4 Å². The van der Waals surface area contributed by atoms with Crippen LogP contribution in [0, 0.1) is 5.92 Å². The first kappa shape index (κ1) is 14.7. The number of aromatic carboxylic acids is 1. The second-order valence-electron chi connectivity index (χ2n) is 4.38. The van der Waals surface area contributed by atoms with Gasteiger partial charge in [0.05, 0.1) is 11.1 Å². The molecular formula is C13H15NO5. The molecule has 0 aliphatic rings. The van der Waals surface area contributed by atoms with E-state index in [1.54, 1.807) is 13.8 Å². The number of hydrogen-bond acceptors (Lipinski definition) is 3. The van der Waals surface area contributed by atoms with Crippen LogP contribution in [0.3, 0.4) is 0 Å². The highest BCUT2D eigenvalue weighted by atomic mass is 16.4. The number of carboxylic acids is 2. The zero-order valence-electron chi connectivity index (χ0n) is 10.6. The molecule has 0 spiro atoms. The van der Waals surface area contributed by atoms with Crippen LogP contribution in [0.2, 0.25) is 0 Å². The number of rotatable bonds is 5. The van der Waals surface area contributed by atoms with Crippen LogP contribution in [-0.4, -0.2) is 34.1 Å². The third-order valence-corrected chi connectivity index (χ3v) is 2.62. The van der Waals surface area contributed by atoms with E-state index in [-0.39, 0.29) is 17.0 Å². The molecule has 1 aromatic carbocycles. The van der Waals surface area contributed by atoms with Crippen molar-refractivity contribution in [2.45, 2.75) is 19.9 Å². The van der Waals surface area contributed by atoms with E-state index >= 15 is 0 Å². The van der Waals surface area contributed by atoms with Gasteiger partial charge in [0.1, 0.15) is 6.04 Å². The minimum absolute atomic E-state index is 0.0538. The summed E-state index contributed by atoms with van der Waals surface area (Å²) >= 11 is 0. The number of benzene rings is 1. The summed E-state index contributed by atoms with van der Waals surface area (Å²) in [6, 6.07) is 4.60. The maximum Gasteiger partial charge on any atom is 0.336 e. The normalized spacial score (nSPS) is 11.9. The van der Waals surface area contributed by atoms with Gasteiger partial charge in [-0.1, -0.05) is 26.0 Å². The molecule has 1 atom stereocenters. The predicted octanol–water partition coefficient (Wildman–Crippen LogP) is 1.22. The van der Waals surface area contributed by atoms with Crippen LogP contribution in [0.1, 0.15) is 34.6 Å². The smallest absolute Gasteiger partial charge is 0.336 e. The standard InChI is InChI=1S/C13H15NO5/c1-7(2)10(13(18)19)14-11(15)8-5-3-4-6-9(8)12(16)17/h3-7,10H,1-2H3,(H,14,15)(H,16,17)(H,18,19). The molecule has 3 N–H and O–H groups in total. The number of amides is 1. The van der Waals surface area contributed by atoms with Gasteiger partial charge >= 0.3 is 11.9 Å². The number of carboxylic acid groups (broad SMARTS) is 2. The highest BCUT2D eigenvalue weighted by Crippen LogP contribution is 2.10. The minimum Gasteiger partial charge on any atom is -0.480 e. The van der Waals surface area contributed by atoms with E-state index in [0.29, 0.717) is 0 Å². The molecule has 0 bridgehead atoms. The maximum absolute atomic E-state index is 12.0. The van der Waals surface area contributed by atoms with Gasteiger partial charge in [0.25, 0.3) is 5.91 Å². The number of aliphatic carboxylic acids is 1. The fraction of sp³-hybridized carbons (Fsp3) is 0.308. The van der Waals surface area contributed by atoms with Gasteiger partial charge < -0.3 is 15.5 Å². The van der Waals surface area contributed by atoms with Gasteiger partial charge in [-0.05, 0) is 18.1 Å². The number of hydrogen-bond donors (Lipinski definition) is 3. The van der Waals surface area contributed by atoms with Crippen molar-refractivity contribution in [3.8, 4) is 0 Å². The van der Waals surface area contributed by atoms with Crippen molar-refractivity contribution >= 4 is 17.8 Å². The Balaban J connectivity index is 3.01. The Labute approximate surface area is 110 Å².